The zero-order valence-electron chi connectivity index (χ0n) is 24.3. The number of hydrogen-bond acceptors (Lipinski definition) is 6. The molecule has 1 aromatic heterocycles. The summed E-state index contributed by atoms with van der Waals surface area (Å²) in [5, 5.41) is 0. The van der Waals surface area contributed by atoms with Crippen LogP contribution in [0, 0.1) is 12.3 Å². The van der Waals surface area contributed by atoms with Crippen molar-refractivity contribution in [3.05, 3.63) is 56.9 Å². The minimum Gasteiger partial charge on any atom is -0.463 e. The smallest absolute Gasteiger partial charge is 0.423 e. The van der Waals surface area contributed by atoms with Crippen LogP contribution in [0.1, 0.15) is 102 Å². The summed E-state index contributed by atoms with van der Waals surface area (Å²) < 4.78 is 56.8. The Morgan fingerprint density at radius 3 is 2.43 bits per heavy atom. The van der Waals surface area contributed by atoms with Gasteiger partial charge in [0.05, 0.1) is 6.10 Å². The molecule has 8 nitrogen and oxygen atoms in total. The van der Waals surface area contributed by atoms with E-state index in [9.17, 15) is 27.6 Å². The number of aromatic amines is 1. The van der Waals surface area contributed by atoms with E-state index in [1.807, 2.05) is 0 Å². The molecule has 1 fully saturated rings. The minimum absolute atomic E-state index is 0.0297. The number of unbranched alkanes of at least 4 members (excludes halogenated alkanes) is 8. The molecular weight excluding hydrogens is 553 g/mol. The fraction of sp³-hybridized carbons (Fsp3) is 0.645. The Labute approximate surface area is 245 Å². The van der Waals surface area contributed by atoms with Crippen LogP contribution in [0.15, 0.2) is 40.1 Å². The van der Waals surface area contributed by atoms with Crippen molar-refractivity contribution in [2.24, 2.45) is 0 Å². The standard InChI is InChI=1S/C31H43F3N2O6/c1-3-5-6-7-8-9-10-11-12-13-14-15-16-17-18-19-28(37)41-23-26-25(40-20-4-2)21-27(42-26)36-22-24(31(32,33)34)29(38)35-30(36)39/h2,8-9,11-12,22,25-27H,3,5-7,10,13-21,23H2,1H3,(H,35,38,39)/t25-,26+,27+/m0/s1. The van der Waals surface area contributed by atoms with Gasteiger partial charge in [-0.2, -0.15) is 13.2 Å². The molecule has 0 spiro atoms. The van der Waals surface area contributed by atoms with E-state index in [1.165, 1.54) is 19.3 Å². The lowest BCUT2D eigenvalue weighted by Crippen LogP contribution is -2.36. The zero-order chi connectivity index (χ0) is 30.8. The van der Waals surface area contributed by atoms with E-state index in [4.69, 9.17) is 20.6 Å². The Kier molecular flexibility index (Phi) is 16.0. The molecule has 3 atom stereocenters. The minimum atomic E-state index is -4.96. The van der Waals surface area contributed by atoms with Crippen LogP contribution in [0.2, 0.25) is 0 Å². The normalized spacial score (nSPS) is 19.1. The first kappa shape index (κ1) is 35.1. The Hall–Kier alpha value is -3.10. The van der Waals surface area contributed by atoms with E-state index in [2.05, 4.69) is 37.1 Å². The molecule has 0 saturated carbocycles. The number of nitrogens with zero attached hydrogens (tertiary/aromatic N) is 1. The molecule has 0 amide bonds. The third-order valence-electron chi connectivity index (χ3n) is 6.88. The number of hydrogen-bond donors (Lipinski definition) is 1. The maximum Gasteiger partial charge on any atom is 0.423 e. The molecule has 1 aliphatic heterocycles. The van der Waals surface area contributed by atoms with Crippen molar-refractivity contribution in [3.8, 4) is 12.3 Å². The van der Waals surface area contributed by atoms with Crippen LogP contribution in [-0.4, -0.2) is 40.9 Å². The van der Waals surface area contributed by atoms with Crippen molar-refractivity contribution in [2.75, 3.05) is 13.2 Å². The lowest BCUT2D eigenvalue weighted by atomic mass is 10.1. The molecular formula is C31H43F3N2O6. The Morgan fingerprint density at radius 1 is 1.10 bits per heavy atom. The molecule has 0 radical (unpaired) electrons. The molecule has 1 aromatic rings. The number of aromatic nitrogens is 2. The molecule has 11 heteroatoms. The number of allylic oxidation sites excluding steroid dienone is 4. The van der Waals surface area contributed by atoms with Gasteiger partial charge in [-0.3, -0.25) is 19.1 Å². The summed E-state index contributed by atoms with van der Waals surface area (Å²) in [4.78, 5) is 37.8. The largest absolute Gasteiger partial charge is 0.463 e. The molecule has 1 saturated heterocycles. The number of halogens is 3. The molecule has 1 aliphatic rings. The average molecular weight is 597 g/mol. The molecule has 2 rings (SSSR count). The second kappa shape index (κ2) is 19.2. The molecule has 42 heavy (non-hydrogen) atoms. The second-order valence-corrected chi connectivity index (χ2v) is 10.3. The van der Waals surface area contributed by atoms with E-state index in [1.54, 1.807) is 4.98 Å². The number of alkyl halides is 3. The lowest BCUT2D eigenvalue weighted by Gasteiger charge is -2.18. The van der Waals surface area contributed by atoms with Gasteiger partial charge in [-0.15, -0.1) is 6.42 Å². The van der Waals surface area contributed by atoms with Crippen LogP contribution in [-0.2, 0) is 25.2 Å². The number of carbonyl (C=O) groups excluding carboxylic acids is 1. The van der Waals surface area contributed by atoms with E-state index >= 15 is 0 Å². The van der Waals surface area contributed by atoms with Gasteiger partial charge in [0.15, 0.2) is 0 Å². The number of terminal acetylenes is 1. The number of ether oxygens (including phenoxy) is 3. The lowest BCUT2D eigenvalue weighted by molar-refractivity contribution is -0.151. The molecule has 234 valence electrons. The van der Waals surface area contributed by atoms with Crippen molar-refractivity contribution in [3.63, 3.8) is 0 Å². The van der Waals surface area contributed by atoms with Gasteiger partial charge in [0.2, 0.25) is 0 Å². The third-order valence-corrected chi connectivity index (χ3v) is 6.88. The summed E-state index contributed by atoms with van der Waals surface area (Å²) in [5.74, 6) is 1.87. The van der Waals surface area contributed by atoms with Crippen molar-refractivity contribution in [2.45, 2.75) is 115 Å². The zero-order valence-corrected chi connectivity index (χ0v) is 24.3. The van der Waals surface area contributed by atoms with E-state index in [0.29, 0.717) is 17.2 Å². The second-order valence-electron chi connectivity index (χ2n) is 10.3. The first-order valence-corrected chi connectivity index (χ1v) is 14.8. The third kappa shape index (κ3) is 12.8. The summed E-state index contributed by atoms with van der Waals surface area (Å²) in [6.45, 7) is 1.89. The fourth-order valence-electron chi connectivity index (χ4n) is 4.58. The number of carbonyl (C=O) groups is 1. The molecule has 2 heterocycles. The van der Waals surface area contributed by atoms with Crippen LogP contribution < -0.4 is 11.2 Å². The van der Waals surface area contributed by atoms with Gasteiger partial charge in [-0.05, 0) is 38.5 Å². The van der Waals surface area contributed by atoms with Gasteiger partial charge in [0.1, 0.15) is 31.1 Å². The van der Waals surface area contributed by atoms with Crippen LogP contribution in [0.3, 0.4) is 0 Å². The van der Waals surface area contributed by atoms with Gasteiger partial charge in [0, 0.05) is 19.0 Å². The van der Waals surface area contributed by atoms with Gasteiger partial charge >= 0.3 is 17.8 Å². The highest BCUT2D eigenvalue weighted by Gasteiger charge is 2.40. The van der Waals surface area contributed by atoms with Gasteiger partial charge in [-0.1, -0.05) is 69.3 Å². The van der Waals surface area contributed by atoms with Gasteiger partial charge in [0.25, 0.3) is 5.56 Å². The average Bonchev–Trinajstić information content (AvgIpc) is 3.34. The highest BCUT2D eigenvalue weighted by atomic mass is 19.4. The topological polar surface area (TPSA) is 99.6 Å². The fourth-order valence-corrected chi connectivity index (χ4v) is 4.58. The van der Waals surface area contributed by atoms with Crippen LogP contribution >= 0.6 is 0 Å². The molecule has 0 aliphatic carbocycles. The highest BCUT2D eigenvalue weighted by Crippen LogP contribution is 2.32. The molecule has 0 bridgehead atoms. The summed E-state index contributed by atoms with van der Waals surface area (Å²) in [6, 6.07) is 0. The molecule has 1 N–H and O–H groups in total. The van der Waals surface area contributed by atoms with Crippen LogP contribution in [0.5, 0.6) is 0 Å². The summed E-state index contributed by atoms with van der Waals surface area (Å²) in [7, 11) is 0. The van der Waals surface area contributed by atoms with Crippen molar-refractivity contribution in [1.82, 2.24) is 9.55 Å². The Balaban J connectivity index is 1.70. The maximum atomic E-state index is 13.2. The first-order chi connectivity index (χ1) is 20.2. The van der Waals surface area contributed by atoms with E-state index in [0.717, 1.165) is 44.9 Å². The monoisotopic (exact) mass is 596 g/mol. The summed E-state index contributed by atoms with van der Waals surface area (Å²) in [5.41, 5.74) is -4.13. The van der Waals surface area contributed by atoms with Crippen molar-refractivity contribution >= 4 is 5.97 Å². The number of nitrogens with one attached hydrogen (secondary N) is 1. The molecule has 0 unspecified atom stereocenters. The summed E-state index contributed by atoms with van der Waals surface area (Å²) >= 11 is 0. The Morgan fingerprint density at radius 2 is 1.76 bits per heavy atom. The van der Waals surface area contributed by atoms with Crippen LogP contribution in [0.25, 0.3) is 0 Å². The first-order valence-electron chi connectivity index (χ1n) is 14.8. The van der Waals surface area contributed by atoms with Crippen LogP contribution in [0.4, 0.5) is 13.2 Å². The van der Waals surface area contributed by atoms with E-state index in [-0.39, 0.29) is 26.1 Å². The maximum absolute atomic E-state index is 13.2. The van der Waals surface area contributed by atoms with Crippen molar-refractivity contribution in [1.29, 1.82) is 0 Å². The predicted octanol–water partition coefficient (Wildman–Crippen LogP) is 6.22. The highest BCUT2D eigenvalue weighted by molar-refractivity contribution is 5.69. The predicted molar refractivity (Wildman–Crippen MR) is 154 cm³/mol. The van der Waals surface area contributed by atoms with Crippen molar-refractivity contribution < 1.29 is 32.2 Å². The number of H-pyrrole nitrogens is 1. The SMILES string of the molecule is C#CCO[C@H]1C[C@H](n2cc(C(F)(F)F)c(=O)[nH]c2=O)O[C@@H]1COC(=O)CCCCCCCC=CCC=CCCCCC. The van der Waals surface area contributed by atoms with E-state index < -0.39 is 47.4 Å². The number of rotatable bonds is 19. The quantitative estimate of drug-likeness (QED) is 0.0882. The molecule has 0 aromatic carbocycles. The Bertz CT molecular complexity index is 1160. The van der Waals surface area contributed by atoms with Gasteiger partial charge in [-0.25, -0.2) is 4.79 Å². The van der Waals surface area contributed by atoms with Gasteiger partial charge < -0.3 is 14.2 Å². The summed E-state index contributed by atoms with van der Waals surface area (Å²) in [6.07, 6.45) is 18.7. The number of esters is 1.